The number of pyridine rings is 1. The lowest BCUT2D eigenvalue weighted by atomic mass is 9.98. The third kappa shape index (κ3) is 5.47. The Labute approximate surface area is 231 Å². The number of ether oxygens (including phenoxy) is 1. The molecule has 0 fully saturated rings. The second-order valence-electron chi connectivity index (χ2n) is 8.94. The number of nitrogens with one attached hydrogen (secondary N) is 2. The molecular formula is C29H20F3N3O5S. The lowest BCUT2D eigenvalue weighted by molar-refractivity contribution is 0.0848. The van der Waals surface area contributed by atoms with Crippen LogP contribution in [0.3, 0.4) is 0 Å². The largest absolute Gasteiger partial charge is 0.377 e. The van der Waals surface area contributed by atoms with Gasteiger partial charge in [0.05, 0.1) is 16.1 Å². The number of methoxy groups -OCH3 is 1. The molecule has 12 heteroatoms. The van der Waals surface area contributed by atoms with E-state index in [1.807, 2.05) is 4.72 Å². The predicted octanol–water partition coefficient (Wildman–Crippen LogP) is 5.51. The molecule has 0 atom stereocenters. The van der Waals surface area contributed by atoms with Gasteiger partial charge >= 0.3 is 0 Å². The van der Waals surface area contributed by atoms with Crippen LogP contribution in [0.4, 0.5) is 18.9 Å². The molecule has 5 aromatic rings. The zero-order valence-corrected chi connectivity index (χ0v) is 22.1. The first-order chi connectivity index (χ1) is 19.6. The van der Waals surface area contributed by atoms with Crippen molar-refractivity contribution in [2.45, 2.75) is 4.90 Å². The van der Waals surface area contributed by atoms with Gasteiger partial charge in [0.2, 0.25) is 5.78 Å². The van der Waals surface area contributed by atoms with Crippen molar-refractivity contribution < 1.29 is 35.9 Å². The molecule has 8 nitrogen and oxygen atoms in total. The smallest absolute Gasteiger partial charge is 0.262 e. The topological polar surface area (TPSA) is 118 Å². The minimum Gasteiger partial charge on any atom is -0.377 e. The van der Waals surface area contributed by atoms with Crippen molar-refractivity contribution >= 4 is 38.3 Å². The average Bonchev–Trinajstić information content (AvgIpc) is 3.38. The van der Waals surface area contributed by atoms with Crippen LogP contribution in [-0.2, 0) is 14.8 Å². The normalized spacial score (nSPS) is 11.5. The van der Waals surface area contributed by atoms with Gasteiger partial charge in [0.1, 0.15) is 23.9 Å². The summed E-state index contributed by atoms with van der Waals surface area (Å²) < 4.78 is 76.1. The van der Waals surface area contributed by atoms with Crippen molar-refractivity contribution in [2.24, 2.45) is 0 Å². The highest BCUT2D eigenvalue weighted by Crippen LogP contribution is 2.30. The molecule has 0 bridgehead atoms. The van der Waals surface area contributed by atoms with Crippen molar-refractivity contribution in [2.75, 3.05) is 18.4 Å². The van der Waals surface area contributed by atoms with E-state index >= 15 is 4.39 Å². The molecule has 0 spiro atoms. The van der Waals surface area contributed by atoms with Crippen molar-refractivity contribution in [1.29, 1.82) is 0 Å². The summed E-state index contributed by atoms with van der Waals surface area (Å²) >= 11 is 0. The molecule has 0 saturated carbocycles. The zero-order chi connectivity index (χ0) is 29.3. The van der Waals surface area contributed by atoms with E-state index in [2.05, 4.69) is 9.97 Å². The molecule has 0 aliphatic carbocycles. The van der Waals surface area contributed by atoms with Gasteiger partial charge in [-0.2, -0.15) is 0 Å². The van der Waals surface area contributed by atoms with E-state index in [0.717, 1.165) is 36.4 Å². The Morgan fingerprint density at radius 2 is 1.76 bits per heavy atom. The number of H-pyrrole nitrogens is 1. The minimum atomic E-state index is -4.46. The van der Waals surface area contributed by atoms with Crippen molar-refractivity contribution in [3.63, 3.8) is 0 Å². The molecule has 208 valence electrons. The molecule has 2 aromatic heterocycles. The highest BCUT2D eigenvalue weighted by Gasteiger charge is 2.27. The summed E-state index contributed by atoms with van der Waals surface area (Å²) in [4.78, 5) is 32.3. The number of carbonyl (C=O) groups excluding carboxylic acids is 2. The molecule has 0 radical (unpaired) electrons. The van der Waals surface area contributed by atoms with Gasteiger partial charge in [-0.25, -0.2) is 26.6 Å². The Balaban J connectivity index is 1.52. The monoisotopic (exact) mass is 579 g/mol. The maximum Gasteiger partial charge on any atom is 0.262 e. The second kappa shape index (κ2) is 11.0. The van der Waals surface area contributed by atoms with Gasteiger partial charge in [-0.3, -0.25) is 14.3 Å². The van der Waals surface area contributed by atoms with Crippen LogP contribution >= 0.6 is 0 Å². The lowest BCUT2D eigenvalue weighted by Gasteiger charge is -2.12. The van der Waals surface area contributed by atoms with E-state index in [-0.39, 0.29) is 29.0 Å². The Morgan fingerprint density at radius 1 is 0.976 bits per heavy atom. The Bertz CT molecular complexity index is 1940. The first-order valence-corrected chi connectivity index (χ1v) is 13.5. The number of ketones is 2. The molecule has 0 unspecified atom stereocenters. The molecule has 0 amide bonds. The predicted molar refractivity (Wildman–Crippen MR) is 145 cm³/mol. The first kappa shape index (κ1) is 27.7. The minimum absolute atomic E-state index is 0.105. The highest BCUT2D eigenvalue weighted by molar-refractivity contribution is 7.92. The number of hydrogen-bond donors (Lipinski definition) is 2. The first-order valence-electron chi connectivity index (χ1n) is 12.0. The fourth-order valence-electron chi connectivity index (χ4n) is 4.25. The van der Waals surface area contributed by atoms with Crippen LogP contribution < -0.4 is 4.72 Å². The number of carbonyl (C=O) groups is 2. The molecule has 0 aliphatic heterocycles. The van der Waals surface area contributed by atoms with Crippen LogP contribution in [0.5, 0.6) is 0 Å². The number of aromatic nitrogens is 2. The Morgan fingerprint density at radius 3 is 2.51 bits per heavy atom. The summed E-state index contributed by atoms with van der Waals surface area (Å²) in [5, 5.41) is 0.241. The quantitative estimate of drug-likeness (QED) is 0.223. The number of sulfonamides is 1. The number of benzene rings is 3. The van der Waals surface area contributed by atoms with Gasteiger partial charge in [0.15, 0.2) is 11.6 Å². The van der Waals surface area contributed by atoms with Crippen LogP contribution in [0.1, 0.15) is 26.3 Å². The molecule has 5 rings (SSSR count). The third-order valence-corrected chi connectivity index (χ3v) is 7.60. The number of aromatic amines is 1. The summed E-state index contributed by atoms with van der Waals surface area (Å²) in [7, 11) is -3.06. The van der Waals surface area contributed by atoms with Crippen LogP contribution in [0, 0.1) is 17.5 Å². The van der Waals surface area contributed by atoms with E-state index in [1.54, 1.807) is 30.3 Å². The number of rotatable bonds is 9. The number of Topliss-reactive ketones (excluding diaryl/α,β-unsaturated/α-hetero) is 1. The summed E-state index contributed by atoms with van der Waals surface area (Å²) in [5.74, 6) is -4.80. The Kier molecular flexibility index (Phi) is 7.43. The molecule has 41 heavy (non-hydrogen) atoms. The van der Waals surface area contributed by atoms with Gasteiger partial charge in [-0.05, 0) is 48.0 Å². The standard InChI is InChI=1S/C29H20F3N3O5S/c1-40-15-25(36)17-5-2-4-16(10-17)18-11-21-22(14-34-29(21)33-13-18)28(37)26-23(31)8-9-24(27(26)32)35-41(38,39)20-7-3-6-19(30)12-20/h2-14,35H,15H2,1H3,(H,33,34). The van der Waals surface area contributed by atoms with Crippen LogP contribution in [0.25, 0.3) is 22.2 Å². The molecule has 0 aliphatic rings. The third-order valence-electron chi connectivity index (χ3n) is 6.24. The zero-order valence-electron chi connectivity index (χ0n) is 21.2. The number of hydrogen-bond acceptors (Lipinski definition) is 6. The molecule has 3 aromatic carbocycles. The van der Waals surface area contributed by atoms with Crippen LogP contribution in [-0.4, -0.2) is 43.7 Å². The molecule has 2 heterocycles. The average molecular weight is 580 g/mol. The number of nitrogens with zero attached hydrogens (tertiary/aromatic N) is 1. The van der Waals surface area contributed by atoms with Gasteiger partial charge in [0, 0.05) is 41.6 Å². The van der Waals surface area contributed by atoms with Crippen LogP contribution in [0.2, 0.25) is 0 Å². The van der Waals surface area contributed by atoms with E-state index in [0.29, 0.717) is 16.7 Å². The van der Waals surface area contributed by atoms with Gasteiger partial charge in [0.25, 0.3) is 10.0 Å². The van der Waals surface area contributed by atoms with Gasteiger partial charge < -0.3 is 9.72 Å². The molecular weight excluding hydrogens is 559 g/mol. The summed E-state index contributed by atoms with van der Waals surface area (Å²) in [5.41, 5.74) is -0.0335. The van der Waals surface area contributed by atoms with E-state index < -0.39 is 49.4 Å². The van der Waals surface area contributed by atoms with Gasteiger partial charge in [-0.1, -0.05) is 24.3 Å². The Hall–Kier alpha value is -4.81. The maximum absolute atomic E-state index is 15.5. The SMILES string of the molecule is COCC(=O)c1cccc(-c2cnc3[nH]cc(C(=O)c4c(F)ccc(NS(=O)(=O)c5cccc(F)c5)c4F)c3c2)c1. The summed E-state index contributed by atoms with van der Waals surface area (Å²) in [6.45, 7) is -0.105. The van der Waals surface area contributed by atoms with Crippen molar-refractivity contribution in [1.82, 2.24) is 9.97 Å². The summed E-state index contributed by atoms with van der Waals surface area (Å²) in [6.07, 6.45) is 2.75. The number of halogens is 3. The van der Waals surface area contributed by atoms with E-state index in [4.69, 9.17) is 4.74 Å². The van der Waals surface area contributed by atoms with Crippen molar-refractivity contribution in [3.05, 3.63) is 113 Å². The number of anilines is 1. The molecule has 2 N–H and O–H groups in total. The fraction of sp³-hybridized carbons (Fsp3) is 0.0690. The number of fused-ring (bicyclic) bond motifs is 1. The van der Waals surface area contributed by atoms with Gasteiger partial charge in [-0.15, -0.1) is 0 Å². The van der Waals surface area contributed by atoms with Crippen molar-refractivity contribution in [3.8, 4) is 11.1 Å². The second-order valence-corrected chi connectivity index (χ2v) is 10.6. The van der Waals surface area contributed by atoms with Crippen LogP contribution in [0.15, 0.2) is 84.0 Å². The highest BCUT2D eigenvalue weighted by atomic mass is 32.2. The fourth-order valence-corrected chi connectivity index (χ4v) is 5.34. The maximum atomic E-state index is 15.5. The summed E-state index contributed by atoms with van der Waals surface area (Å²) in [6, 6.07) is 13.8. The lowest BCUT2D eigenvalue weighted by Crippen LogP contribution is -2.16. The van der Waals surface area contributed by atoms with E-state index in [9.17, 15) is 26.8 Å². The molecule has 0 saturated heterocycles. The van der Waals surface area contributed by atoms with E-state index in [1.165, 1.54) is 19.5 Å².